The zero-order chi connectivity index (χ0) is 32.3. The van der Waals surface area contributed by atoms with Gasteiger partial charge >= 0.3 is 0 Å². The first-order valence-corrected chi connectivity index (χ1v) is 16.8. The Kier molecular flexibility index (Phi) is 10.3. The number of para-hydroxylation sites is 1. The van der Waals surface area contributed by atoms with Gasteiger partial charge in [0.25, 0.3) is 5.91 Å². The van der Waals surface area contributed by atoms with Crippen LogP contribution < -0.4 is 4.90 Å². The molecule has 3 unspecified atom stereocenters. The largest absolute Gasteiger partial charge is 0.396 e. The Morgan fingerprint density at radius 3 is 2.36 bits per heavy atom. The Bertz CT molecular complexity index is 1410. The van der Waals surface area contributed by atoms with E-state index in [4.69, 9.17) is 4.74 Å². The molecule has 240 valence electrons. The van der Waals surface area contributed by atoms with Gasteiger partial charge in [0.05, 0.1) is 17.9 Å². The maximum atomic E-state index is 14.9. The summed E-state index contributed by atoms with van der Waals surface area (Å²) in [5, 5.41) is 9.38. The number of carbonyl (C=O) groups is 3. The Morgan fingerprint density at radius 1 is 1.02 bits per heavy atom. The van der Waals surface area contributed by atoms with Gasteiger partial charge < -0.3 is 24.5 Å². The summed E-state index contributed by atoms with van der Waals surface area (Å²) < 4.78 is 6.80. The number of carbonyl (C=O) groups excluding carboxylic acids is 3. The van der Waals surface area contributed by atoms with E-state index in [1.165, 1.54) is 0 Å². The first-order chi connectivity index (χ1) is 21.7. The third kappa shape index (κ3) is 6.02. The Balaban J connectivity index is 1.56. The number of anilines is 1. The zero-order valence-electron chi connectivity index (χ0n) is 26.2. The van der Waals surface area contributed by atoms with Crippen molar-refractivity contribution in [2.75, 3.05) is 31.1 Å². The van der Waals surface area contributed by atoms with E-state index < -0.39 is 29.6 Å². The van der Waals surface area contributed by atoms with Crippen LogP contribution >= 0.6 is 15.9 Å². The fraction of sp³-hybridized carbons (Fsp3) is 0.472. The van der Waals surface area contributed by atoms with Gasteiger partial charge in [-0.25, -0.2) is 0 Å². The highest BCUT2D eigenvalue weighted by Gasteiger charge is 2.76. The molecule has 3 amide bonds. The highest BCUT2D eigenvalue weighted by atomic mass is 79.9. The topological polar surface area (TPSA) is 90.4 Å². The van der Waals surface area contributed by atoms with Crippen molar-refractivity contribution in [2.24, 2.45) is 11.8 Å². The normalized spacial score (nSPS) is 26.5. The van der Waals surface area contributed by atoms with E-state index in [1.54, 1.807) is 26.9 Å². The molecule has 2 aromatic rings. The number of amides is 3. The summed E-state index contributed by atoms with van der Waals surface area (Å²) in [7, 11) is 0. The lowest BCUT2D eigenvalue weighted by Crippen LogP contribution is -2.57. The molecule has 8 nitrogen and oxygen atoms in total. The summed E-state index contributed by atoms with van der Waals surface area (Å²) >= 11 is 3.80. The second-order valence-electron chi connectivity index (χ2n) is 12.5. The second kappa shape index (κ2) is 14.0. The average molecular weight is 679 g/mol. The van der Waals surface area contributed by atoms with Gasteiger partial charge in [-0.1, -0.05) is 76.6 Å². The fourth-order valence-corrected chi connectivity index (χ4v) is 8.65. The molecular formula is C36H44BrN3O5. The first-order valence-electron chi connectivity index (χ1n) is 15.9. The molecule has 1 spiro atoms. The maximum absolute atomic E-state index is 14.9. The van der Waals surface area contributed by atoms with Crippen LogP contribution in [0.4, 0.5) is 5.69 Å². The van der Waals surface area contributed by atoms with Crippen molar-refractivity contribution < 1.29 is 24.2 Å². The molecule has 2 bridgehead atoms. The predicted octanol–water partition coefficient (Wildman–Crippen LogP) is 4.95. The van der Waals surface area contributed by atoms with E-state index >= 15 is 0 Å². The molecule has 0 saturated carbocycles. The number of aliphatic hydroxyl groups is 1. The summed E-state index contributed by atoms with van der Waals surface area (Å²) in [6.07, 6.45) is 5.24. The number of benzene rings is 2. The van der Waals surface area contributed by atoms with E-state index in [-0.39, 0.29) is 35.7 Å². The Morgan fingerprint density at radius 2 is 1.71 bits per heavy atom. The summed E-state index contributed by atoms with van der Waals surface area (Å²) in [6.45, 7) is 13.1. The number of likely N-dealkylation sites (tertiary alicyclic amines) is 1. The van der Waals surface area contributed by atoms with Crippen molar-refractivity contribution in [2.45, 2.75) is 68.6 Å². The molecule has 3 saturated heterocycles. The monoisotopic (exact) mass is 677 g/mol. The minimum atomic E-state index is -1.16. The van der Waals surface area contributed by atoms with Gasteiger partial charge in [-0.15, -0.1) is 13.2 Å². The SMILES string of the molecule is C=CCN(Cc1ccccc1)C(=O)[C@H]1[C@H]2C(=O)N(CCCCCO)C(C(=O)N(CC=C)c3c(C)cccc3C)C23CC(Br)[C@@H]1O3. The Hall–Kier alpha value is -3.27. The lowest BCUT2D eigenvalue weighted by molar-refractivity contribution is -0.145. The van der Waals surface area contributed by atoms with Gasteiger partial charge in [-0.3, -0.25) is 14.4 Å². The van der Waals surface area contributed by atoms with Crippen molar-refractivity contribution in [1.82, 2.24) is 9.80 Å². The van der Waals surface area contributed by atoms with Crippen LogP contribution in [-0.4, -0.2) is 81.4 Å². The molecule has 2 aromatic carbocycles. The van der Waals surface area contributed by atoms with E-state index in [2.05, 4.69) is 29.1 Å². The van der Waals surface area contributed by atoms with Crippen LogP contribution in [0.5, 0.6) is 0 Å². The van der Waals surface area contributed by atoms with Crippen molar-refractivity contribution in [3.63, 3.8) is 0 Å². The molecule has 45 heavy (non-hydrogen) atoms. The number of rotatable bonds is 14. The van der Waals surface area contributed by atoms with Gasteiger partial charge in [0, 0.05) is 43.3 Å². The summed E-state index contributed by atoms with van der Waals surface area (Å²) in [5.41, 5.74) is 2.51. The third-order valence-corrected chi connectivity index (χ3v) is 10.4. The fourth-order valence-electron chi connectivity index (χ4n) is 7.70. The molecule has 3 aliphatic rings. The summed E-state index contributed by atoms with van der Waals surface area (Å²) in [6, 6.07) is 14.8. The molecule has 0 aliphatic carbocycles. The molecule has 1 N–H and O–H groups in total. The molecule has 3 fully saturated rings. The smallest absolute Gasteiger partial charge is 0.253 e. The number of unbranched alkanes of at least 4 members (excludes halogenated alkanes) is 2. The molecule has 6 atom stereocenters. The van der Waals surface area contributed by atoms with Crippen LogP contribution in [0, 0.1) is 25.7 Å². The number of hydrogen-bond donors (Lipinski definition) is 1. The minimum absolute atomic E-state index is 0.0652. The predicted molar refractivity (Wildman–Crippen MR) is 179 cm³/mol. The standard InChI is InChI=1S/C36H44BrN3O5/c1-5-18-38(23-26-16-9-7-10-17-26)33(42)28-29-34(43)40(20-11-8-12-21-41)32(36(29)22-27(37)31(28)45-36)35(44)39(19-6-2)30-24(3)14-13-15-25(30)4/h5-7,9-10,13-17,27-29,31-32,41H,1-2,8,11-12,18-23H2,3-4H3/t27?,28-,29-,31-,32?,36?/m0/s1. The van der Waals surface area contributed by atoms with Gasteiger partial charge in [0.15, 0.2) is 0 Å². The number of fused-ring (bicyclic) bond motifs is 1. The van der Waals surface area contributed by atoms with Crippen molar-refractivity contribution in [1.29, 1.82) is 0 Å². The highest BCUT2D eigenvalue weighted by Crippen LogP contribution is 2.60. The van der Waals surface area contributed by atoms with E-state index in [9.17, 15) is 19.5 Å². The van der Waals surface area contributed by atoms with Crippen LogP contribution in [0.3, 0.4) is 0 Å². The number of aliphatic hydroxyl groups excluding tert-OH is 1. The van der Waals surface area contributed by atoms with Crippen LogP contribution in [0.2, 0.25) is 0 Å². The van der Waals surface area contributed by atoms with Crippen LogP contribution in [0.1, 0.15) is 42.4 Å². The number of nitrogens with zero attached hydrogens (tertiary/aromatic N) is 3. The molecule has 5 rings (SSSR count). The summed E-state index contributed by atoms with van der Waals surface area (Å²) in [4.78, 5) is 48.9. The summed E-state index contributed by atoms with van der Waals surface area (Å²) in [5.74, 6) is -2.15. The number of alkyl halides is 1. The lowest BCUT2D eigenvalue weighted by Gasteiger charge is -2.38. The van der Waals surface area contributed by atoms with Crippen molar-refractivity contribution in [3.05, 3.63) is 90.5 Å². The molecule has 3 heterocycles. The number of ether oxygens (including phenoxy) is 1. The first kappa shape index (κ1) is 33.1. The molecule has 0 radical (unpaired) electrons. The van der Waals surface area contributed by atoms with E-state index in [0.29, 0.717) is 45.3 Å². The van der Waals surface area contributed by atoms with Crippen molar-refractivity contribution >= 4 is 39.3 Å². The molecule has 3 aliphatic heterocycles. The third-order valence-electron chi connectivity index (χ3n) is 9.53. The molecule has 0 aromatic heterocycles. The van der Waals surface area contributed by atoms with E-state index in [0.717, 1.165) is 22.4 Å². The quantitative estimate of drug-likeness (QED) is 0.174. The van der Waals surface area contributed by atoms with Gasteiger partial charge in [0.1, 0.15) is 11.6 Å². The van der Waals surface area contributed by atoms with Crippen molar-refractivity contribution in [3.8, 4) is 0 Å². The average Bonchev–Trinajstić information content (AvgIpc) is 3.61. The zero-order valence-corrected chi connectivity index (χ0v) is 27.8. The molecular weight excluding hydrogens is 634 g/mol. The van der Waals surface area contributed by atoms with E-state index in [1.807, 2.05) is 62.4 Å². The van der Waals surface area contributed by atoms with Crippen LogP contribution in [-0.2, 0) is 25.7 Å². The van der Waals surface area contributed by atoms with Gasteiger partial charge in [-0.05, 0) is 56.2 Å². The second-order valence-corrected chi connectivity index (χ2v) is 13.6. The number of halogens is 1. The van der Waals surface area contributed by atoms with Gasteiger partial charge in [0.2, 0.25) is 11.8 Å². The van der Waals surface area contributed by atoms with Crippen LogP contribution in [0.15, 0.2) is 73.8 Å². The number of hydrogen-bond acceptors (Lipinski definition) is 5. The van der Waals surface area contributed by atoms with Crippen LogP contribution in [0.25, 0.3) is 0 Å². The maximum Gasteiger partial charge on any atom is 0.253 e. The highest BCUT2D eigenvalue weighted by molar-refractivity contribution is 9.09. The minimum Gasteiger partial charge on any atom is -0.396 e. The number of aryl methyl sites for hydroxylation is 2. The lowest BCUT2D eigenvalue weighted by atomic mass is 9.70. The molecule has 9 heteroatoms. The Labute approximate surface area is 274 Å². The van der Waals surface area contributed by atoms with Gasteiger partial charge in [-0.2, -0.15) is 0 Å².